The van der Waals surface area contributed by atoms with E-state index in [2.05, 4.69) is 15.3 Å². The van der Waals surface area contributed by atoms with Gasteiger partial charge in [0.25, 0.3) is 5.56 Å². The molecule has 96 valence electrons. The fraction of sp³-hybridized carbons (Fsp3) is 0.636. The Morgan fingerprint density at radius 1 is 1.59 bits per heavy atom. The largest absolute Gasteiger partial charge is 0.396 e. The second kappa shape index (κ2) is 5.18. The van der Waals surface area contributed by atoms with E-state index in [0.717, 1.165) is 0 Å². The normalized spacial score (nSPS) is 13.4. The van der Waals surface area contributed by atoms with Gasteiger partial charge in [0.15, 0.2) is 5.82 Å². The summed E-state index contributed by atoms with van der Waals surface area (Å²) in [5.74, 6) is 0.363. The van der Waals surface area contributed by atoms with Crippen LogP contribution in [0.4, 0.5) is 11.5 Å². The molecular formula is C11H20N4O2. The van der Waals surface area contributed by atoms with Gasteiger partial charge in [0.05, 0.1) is 6.33 Å². The van der Waals surface area contributed by atoms with Crippen molar-refractivity contribution in [1.29, 1.82) is 0 Å². The standard InChI is InChI=1S/C11H20N4O2/c1-11(2,3)7(4-5-16)15-9-8(12)10(17)14-6-13-9/h6-7,16H,4-5,12H2,1-3H3,(H2,13,14,15,17). The molecule has 0 bridgehead atoms. The van der Waals surface area contributed by atoms with Crippen molar-refractivity contribution in [2.45, 2.75) is 33.2 Å². The molecule has 1 rings (SSSR count). The summed E-state index contributed by atoms with van der Waals surface area (Å²) in [7, 11) is 0. The van der Waals surface area contributed by atoms with E-state index in [9.17, 15) is 4.79 Å². The molecule has 1 aromatic rings. The van der Waals surface area contributed by atoms with E-state index in [0.29, 0.717) is 12.2 Å². The number of nitrogen functional groups attached to an aromatic ring is 1. The van der Waals surface area contributed by atoms with Crippen LogP contribution < -0.4 is 16.6 Å². The average molecular weight is 240 g/mol. The smallest absolute Gasteiger partial charge is 0.276 e. The maximum atomic E-state index is 11.3. The highest BCUT2D eigenvalue weighted by atomic mass is 16.3. The lowest BCUT2D eigenvalue weighted by Crippen LogP contribution is -2.36. The number of aliphatic hydroxyl groups is 1. The Morgan fingerprint density at radius 2 is 2.24 bits per heavy atom. The number of hydrogen-bond acceptors (Lipinski definition) is 5. The first-order chi connectivity index (χ1) is 7.86. The molecule has 6 heteroatoms. The first-order valence-corrected chi connectivity index (χ1v) is 5.57. The molecule has 0 saturated carbocycles. The van der Waals surface area contributed by atoms with Crippen molar-refractivity contribution in [1.82, 2.24) is 9.97 Å². The number of aromatic nitrogens is 2. The third kappa shape index (κ3) is 3.45. The van der Waals surface area contributed by atoms with E-state index < -0.39 is 0 Å². The van der Waals surface area contributed by atoms with Gasteiger partial charge in [0.1, 0.15) is 5.69 Å². The second-order valence-electron chi connectivity index (χ2n) is 5.07. The van der Waals surface area contributed by atoms with E-state index in [-0.39, 0.29) is 29.3 Å². The van der Waals surface area contributed by atoms with Gasteiger partial charge >= 0.3 is 0 Å². The lowest BCUT2D eigenvalue weighted by molar-refractivity contribution is 0.235. The molecule has 5 N–H and O–H groups in total. The van der Waals surface area contributed by atoms with Crippen LogP contribution in [0.5, 0.6) is 0 Å². The Kier molecular flexibility index (Phi) is 4.11. The van der Waals surface area contributed by atoms with E-state index in [1.54, 1.807) is 0 Å². The molecule has 1 unspecified atom stereocenters. The fourth-order valence-electron chi connectivity index (χ4n) is 1.54. The number of nitrogens with zero attached hydrogens (tertiary/aromatic N) is 1. The van der Waals surface area contributed by atoms with Gasteiger partial charge < -0.3 is 21.1 Å². The zero-order valence-corrected chi connectivity index (χ0v) is 10.4. The maximum Gasteiger partial charge on any atom is 0.276 e. The second-order valence-corrected chi connectivity index (χ2v) is 5.07. The highest BCUT2D eigenvalue weighted by Gasteiger charge is 2.25. The molecule has 0 aromatic carbocycles. The summed E-state index contributed by atoms with van der Waals surface area (Å²) in [6, 6.07) is -0.0101. The summed E-state index contributed by atoms with van der Waals surface area (Å²) in [5, 5.41) is 12.2. The van der Waals surface area contributed by atoms with Crippen LogP contribution in [0.3, 0.4) is 0 Å². The highest BCUT2D eigenvalue weighted by molar-refractivity contribution is 5.59. The lowest BCUT2D eigenvalue weighted by Gasteiger charge is -2.31. The molecule has 0 radical (unpaired) electrons. The van der Waals surface area contributed by atoms with Crippen LogP contribution in [0.25, 0.3) is 0 Å². The summed E-state index contributed by atoms with van der Waals surface area (Å²) in [6.45, 7) is 6.20. The molecule has 17 heavy (non-hydrogen) atoms. The van der Waals surface area contributed by atoms with Crippen LogP contribution in [0.1, 0.15) is 27.2 Å². The number of nitrogens with one attached hydrogen (secondary N) is 2. The monoisotopic (exact) mass is 240 g/mol. The topological polar surface area (TPSA) is 104 Å². The van der Waals surface area contributed by atoms with Crippen molar-refractivity contribution in [3.8, 4) is 0 Å². The van der Waals surface area contributed by atoms with Crippen molar-refractivity contribution >= 4 is 11.5 Å². The Morgan fingerprint density at radius 3 is 2.76 bits per heavy atom. The summed E-state index contributed by atoms with van der Waals surface area (Å²) < 4.78 is 0. The van der Waals surface area contributed by atoms with E-state index in [1.807, 2.05) is 20.8 Å². The third-order valence-electron chi connectivity index (χ3n) is 2.66. The minimum Gasteiger partial charge on any atom is -0.396 e. The van der Waals surface area contributed by atoms with Crippen LogP contribution >= 0.6 is 0 Å². The van der Waals surface area contributed by atoms with Gasteiger partial charge in [-0.1, -0.05) is 20.8 Å². The predicted molar refractivity (Wildman–Crippen MR) is 67.8 cm³/mol. The Balaban J connectivity index is 2.94. The van der Waals surface area contributed by atoms with Crippen LogP contribution in [0.15, 0.2) is 11.1 Å². The van der Waals surface area contributed by atoms with Gasteiger partial charge in [-0.3, -0.25) is 4.79 Å². The molecule has 6 nitrogen and oxygen atoms in total. The van der Waals surface area contributed by atoms with Crippen molar-refractivity contribution in [2.75, 3.05) is 17.7 Å². The molecule has 0 spiro atoms. The molecule has 1 heterocycles. The van der Waals surface area contributed by atoms with Gasteiger partial charge in [-0.25, -0.2) is 4.98 Å². The summed E-state index contributed by atoms with van der Waals surface area (Å²) >= 11 is 0. The molecule has 0 fully saturated rings. The Labute approximate surface area is 100 Å². The van der Waals surface area contributed by atoms with Crippen molar-refractivity contribution in [3.63, 3.8) is 0 Å². The zero-order valence-electron chi connectivity index (χ0n) is 10.4. The number of hydrogen-bond donors (Lipinski definition) is 4. The molecule has 0 aliphatic carbocycles. The maximum absolute atomic E-state index is 11.3. The number of rotatable bonds is 4. The van der Waals surface area contributed by atoms with Crippen LogP contribution in [0.2, 0.25) is 0 Å². The number of anilines is 2. The summed E-state index contributed by atoms with van der Waals surface area (Å²) in [6.07, 6.45) is 1.87. The van der Waals surface area contributed by atoms with Crippen LogP contribution in [-0.2, 0) is 0 Å². The molecule has 0 saturated heterocycles. The highest BCUT2D eigenvalue weighted by Crippen LogP contribution is 2.25. The quantitative estimate of drug-likeness (QED) is 0.615. The van der Waals surface area contributed by atoms with Gasteiger partial charge in [-0.2, -0.15) is 0 Å². The number of H-pyrrole nitrogens is 1. The third-order valence-corrected chi connectivity index (χ3v) is 2.66. The first-order valence-electron chi connectivity index (χ1n) is 5.57. The molecular weight excluding hydrogens is 220 g/mol. The fourth-order valence-corrected chi connectivity index (χ4v) is 1.54. The molecule has 0 amide bonds. The predicted octanol–water partition coefficient (Wildman–Crippen LogP) is 0.561. The molecule has 0 aliphatic heterocycles. The lowest BCUT2D eigenvalue weighted by atomic mass is 9.85. The van der Waals surface area contributed by atoms with Crippen LogP contribution in [0, 0.1) is 5.41 Å². The van der Waals surface area contributed by atoms with Gasteiger partial charge in [0.2, 0.25) is 0 Å². The average Bonchev–Trinajstić information content (AvgIpc) is 2.22. The molecule has 1 aromatic heterocycles. The van der Waals surface area contributed by atoms with Crippen molar-refractivity contribution in [3.05, 3.63) is 16.7 Å². The van der Waals surface area contributed by atoms with Crippen LogP contribution in [-0.4, -0.2) is 27.7 Å². The number of aromatic amines is 1. The van der Waals surface area contributed by atoms with E-state index in [4.69, 9.17) is 10.8 Å². The minimum atomic E-state index is -0.362. The first kappa shape index (κ1) is 13.5. The van der Waals surface area contributed by atoms with E-state index >= 15 is 0 Å². The van der Waals surface area contributed by atoms with Gasteiger partial charge in [0, 0.05) is 12.6 Å². The SMILES string of the molecule is CC(C)(C)C(CCO)Nc1nc[nH]c(=O)c1N. The van der Waals surface area contributed by atoms with Crippen molar-refractivity contribution < 1.29 is 5.11 Å². The number of nitrogens with two attached hydrogens (primary N) is 1. The van der Waals surface area contributed by atoms with E-state index in [1.165, 1.54) is 6.33 Å². The zero-order chi connectivity index (χ0) is 13.1. The van der Waals surface area contributed by atoms with Crippen molar-refractivity contribution in [2.24, 2.45) is 5.41 Å². The summed E-state index contributed by atoms with van der Waals surface area (Å²) in [4.78, 5) is 17.7. The van der Waals surface area contributed by atoms with Gasteiger partial charge in [-0.15, -0.1) is 0 Å². The number of aliphatic hydroxyl groups excluding tert-OH is 1. The molecule has 0 aliphatic rings. The Bertz CT molecular complexity index is 422. The Hall–Kier alpha value is -1.56. The summed E-state index contributed by atoms with van der Waals surface area (Å²) in [5.41, 5.74) is 5.28. The minimum absolute atomic E-state index is 0.0101. The van der Waals surface area contributed by atoms with Gasteiger partial charge in [-0.05, 0) is 11.8 Å². The molecule has 1 atom stereocenters.